The van der Waals surface area contributed by atoms with Crippen molar-refractivity contribution < 1.29 is 9.90 Å². The van der Waals surface area contributed by atoms with Gasteiger partial charge in [-0.05, 0) is 25.0 Å². The van der Waals surface area contributed by atoms with Crippen LogP contribution in [0.5, 0.6) is 0 Å². The van der Waals surface area contributed by atoms with Crippen molar-refractivity contribution in [3.05, 3.63) is 23.5 Å². The van der Waals surface area contributed by atoms with Crippen molar-refractivity contribution in [1.82, 2.24) is 4.98 Å². The van der Waals surface area contributed by atoms with Gasteiger partial charge in [-0.15, -0.1) is 0 Å². The fourth-order valence-corrected chi connectivity index (χ4v) is 1.59. The van der Waals surface area contributed by atoms with Gasteiger partial charge in [0, 0.05) is 11.6 Å². The lowest BCUT2D eigenvalue weighted by Crippen LogP contribution is -2.09. The van der Waals surface area contributed by atoms with E-state index in [9.17, 15) is 4.79 Å². The molecule has 0 spiro atoms. The first-order valence-corrected chi connectivity index (χ1v) is 5.09. The topological polar surface area (TPSA) is 76.2 Å². The average molecular weight is 208 g/mol. The first-order chi connectivity index (χ1) is 7.10. The highest BCUT2D eigenvalue weighted by Gasteiger charge is 2.14. The van der Waals surface area contributed by atoms with E-state index >= 15 is 0 Å². The molecule has 0 aliphatic heterocycles. The molecule has 0 fully saturated rings. The summed E-state index contributed by atoms with van der Waals surface area (Å²) in [6.07, 6.45) is 1.90. The van der Waals surface area contributed by atoms with Crippen LogP contribution in [0.15, 0.2) is 12.1 Å². The molecule has 0 atom stereocenters. The van der Waals surface area contributed by atoms with Crippen LogP contribution in [0, 0.1) is 0 Å². The summed E-state index contributed by atoms with van der Waals surface area (Å²) in [5.41, 5.74) is 6.52. The maximum atomic E-state index is 10.8. The lowest BCUT2D eigenvalue weighted by molar-refractivity contribution is 0.0691. The minimum Gasteiger partial charge on any atom is -0.476 e. The number of aromatic carboxylic acids is 1. The molecule has 0 saturated carbocycles. The second-order valence-corrected chi connectivity index (χ2v) is 3.49. The molecule has 15 heavy (non-hydrogen) atoms. The molecule has 1 heterocycles. The van der Waals surface area contributed by atoms with Crippen molar-refractivity contribution in [1.29, 1.82) is 0 Å². The fraction of sp³-hybridized carbons (Fsp3) is 0.455. The Morgan fingerprint density at radius 1 is 1.47 bits per heavy atom. The Bertz CT molecular complexity index is 360. The number of carboxylic acids is 1. The van der Waals surface area contributed by atoms with Crippen molar-refractivity contribution in [2.45, 2.75) is 32.6 Å². The lowest BCUT2D eigenvalue weighted by Gasteiger charge is -2.12. The van der Waals surface area contributed by atoms with Crippen LogP contribution in [0.3, 0.4) is 0 Å². The minimum atomic E-state index is -1.07. The number of nitrogens with zero attached hydrogens (tertiary/aromatic N) is 1. The van der Waals surface area contributed by atoms with Gasteiger partial charge in [0.15, 0.2) is 5.69 Å². The largest absolute Gasteiger partial charge is 0.476 e. The second kappa shape index (κ2) is 4.77. The van der Waals surface area contributed by atoms with E-state index in [1.807, 2.05) is 0 Å². The molecule has 0 bridgehead atoms. The van der Waals surface area contributed by atoms with Crippen LogP contribution < -0.4 is 5.73 Å². The molecule has 0 aromatic carbocycles. The summed E-state index contributed by atoms with van der Waals surface area (Å²) in [6, 6.07) is 3.42. The highest BCUT2D eigenvalue weighted by molar-refractivity contribution is 5.91. The van der Waals surface area contributed by atoms with Gasteiger partial charge in [0.1, 0.15) is 0 Å². The van der Waals surface area contributed by atoms with E-state index in [-0.39, 0.29) is 11.4 Å². The molecule has 0 saturated heterocycles. The number of aromatic nitrogens is 1. The molecule has 4 heteroatoms. The van der Waals surface area contributed by atoms with Gasteiger partial charge >= 0.3 is 5.97 Å². The normalized spacial score (nSPS) is 10.6. The molecule has 4 nitrogen and oxygen atoms in total. The molecule has 0 aliphatic carbocycles. The van der Waals surface area contributed by atoms with E-state index in [4.69, 9.17) is 10.8 Å². The first kappa shape index (κ1) is 11.5. The van der Waals surface area contributed by atoms with Gasteiger partial charge < -0.3 is 10.8 Å². The van der Waals surface area contributed by atoms with E-state index in [1.165, 1.54) is 0 Å². The number of anilines is 1. The standard InChI is InChI=1S/C11H16N2O2/c1-3-7(4-2)9-6-5-8(12)10(13-9)11(14)15/h5-7H,3-4,12H2,1-2H3,(H,14,15). The van der Waals surface area contributed by atoms with Crippen LogP contribution in [0.2, 0.25) is 0 Å². The van der Waals surface area contributed by atoms with Crippen molar-refractivity contribution >= 4 is 11.7 Å². The van der Waals surface area contributed by atoms with Gasteiger partial charge in [-0.2, -0.15) is 0 Å². The number of rotatable bonds is 4. The van der Waals surface area contributed by atoms with Crippen LogP contribution in [-0.4, -0.2) is 16.1 Å². The second-order valence-electron chi connectivity index (χ2n) is 3.49. The third-order valence-electron chi connectivity index (χ3n) is 2.55. The molecule has 0 aliphatic rings. The van der Waals surface area contributed by atoms with E-state index in [2.05, 4.69) is 18.8 Å². The number of nitrogen functional groups attached to an aromatic ring is 1. The first-order valence-electron chi connectivity index (χ1n) is 5.09. The highest BCUT2D eigenvalue weighted by Crippen LogP contribution is 2.22. The average Bonchev–Trinajstić information content (AvgIpc) is 2.21. The Balaban J connectivity index is 3.11. The van der Waals surface area contributed by atoms with Gasteiger partial charge in [-0.1, -0.05) is 13.8 Å². The molecule has 3 N–H and O–H groups in total. The third-order valence-corrected chi connectivity index (χ3v) is 2.55. The Kier molecular flexibility index (Phi) is 3.66. The van der Waals surface area contributed by atoms with Crippen LogP contribution in [0.1, 0.15) is 48.8 Å². The molecule has 1 aromatic heterocycles. The predicted molar refractivity (Wildman–Crippen MR) is 58.9 cm³/mol. The van der Waals surface area contributed by atoms with Crippen molar-refractivity contribution in [2.24, 2.45) is 0 Å². The molecular formula is C11H16N2O2. The maximum Gasteiger partial charge on any atom is 0.356 e. The van der Waals surface area contributed by atoms with Crippen LogP contribution >= 0.6 is 0 Å². The summed E-state index contributed by atoms with van der Waals surface area (Å²) >= 11 is 0. The van der Waals surface area contributed by atoms with E-state index < -0.39 is 5.97 Å². The zero-order valence-electron chi connectivity index (χ0n) is 9.03. The van der Waals surface area contributed by atoms with Gasteiger partial charge in [-0.3, -0.25) is 0 Å². The molecule has 1 rings (SSSR count). The van der Waals surface area contributed by atoms with Gasteiger partial charge in [0.05, 0.1) is 5.69 Å². The number of pyridine rings is 1. The van der Waals surface area contributed by atoms with Crippen LogP contribution in [-0.2, 0) is 0 Å². The zero-order valence-corrected chi connectivity index (χ0v) is 9.03. The van der Waals surface area contributed by atoms with Crippen molar-refractivity contribution in [3.8, 4) is 0 Å². The van der Waals surface area contributed by atoms with Gasteiger partial charge in [0.2, 0.25) is 0 Å². The molecule has 82 valence electrons. The smallest absolute Gasteiger partial charge is 0.356 e. The van der Waals surface area contributed by atoms with Crippen molar-refractivity contribution in [2.75, 3.05) is 5.73 Å². The van der Waals surface area contributed by atoms with E-state index in [1.54, 1.807) is 12.1 Å². The Labute approximate surface area is 89.1 Å². The van der Waals surface area contributed by atoms with Gasteiger partial charge in [0.25, 0.3) is 0 Å². The maximum absolute atomic E-state index is 10.8. The number of carboxylic acid groups (broad SMARTS) is 1. The monoisotopic (exact) mass is 208 g/mol. The summed E-state index contributed by atoms with van der Waals surface area (Å²) in [5, 5.41) is 8.87. The number of hydrogen-bond donors (Lipinski definition) is 2. The van der Waals surface area contributed by atoms with E-state index in [0.717, 1.165) is 18.5 Å². The van der Waals surface area contributed by atoms with Crippen LogP contribution in [0.4, 0.5) is 5.69 Å². The number of carbonyl (C=O) groups is 1. The summed E-state index contributed by atoms with van der Waals surface area (Å²) in [6.45, 7) is 4.12. The molecule has 0 amide bonds. The number of hydrogen-bond acceptors (Lipinski definition) is 3. The highest BCUT2D eigenvalue weighted by atomic mass is 16.4. The summed E-state index contributed by atoms with van der Waals surface area (Å²) < 4.78 is 0. The minimum absolute atomic E-state index is 0.0422. The number of nitrogens with two attached hydrogens (primary N) is 1. The summed E-state index contributed by atoms with van der Waals surface area (Å²) in [5.74, 6) is -0.760. The predicted octanol–water partition coefficient (Wildman–Crippen LogP) is 2.27. The molecule has 0 radical (unpaired) electrons. The van der Waals surface area contributed by atoms with Gasteiger partial charge in [-0.25, -0.2) is 9.78 Å². The van der Waals surface area contributed by atoms with Crippen molar-refractivity contribution in [3.63, 3.8) is 0 Å². The Hall–Kier alpha value is -1.58. The van der Waals surface area contributed by atoms with Crippen LogP contribution in [0.25, 0.3) is 0 Å². The Morgan fingerprint density at radius 3 is 2.53 bits per heavy atom. The fourth-order valence-electron chi connectivity index (χ4n) is 1.59. The quantitative estimate of drug-likeness (QED) is 0.795. The summed E-state index contributed by atoms with van der Waals surface area (Å²) in [4.78, 5) is 14.9. The molecule has 1 aromatic rings. The Morgan fingerprint density at radius 2 is 2.07 bits per heavy atom. The molecular weight excluding hydrogens is 192 g/mol. The molecule has 0 unspecified atom stereocenters. The lowest BCUT2D eigenvalue weighted by atomic mass is 9.98. The third kappa shape index (κ3) is 2.46. The van der Waals surface area contributed by atoms with E-state index in [0.29, 0.717) is 5.92 Å². The summed E-state index contributed by atoms with van der Waals surface area (Å²) in [7, 11) is 0. The SMILES string of the molecule is CCC(CC)c1ccc(N)c(C(=O)O)n1. The zero-order chi connectivity index (χ0) is 11.4.